The fraction of sp³-hybridized carbons (Fsp3) is 0.818. The van der Waals surface area contributed by atoms with E-state index in [-0.39, 0.29) is 0 Å². The largest absolute Gasteiger partial charge is 0.0822 e. The zero-order chi connectivity index (χ0) is 7.68. The lowest BCUT2D eigenvalue weighted by Gasteiger charge is -2.39. The number of fused-ring (bicyclic) bond motifs is 1. The maximum atomic E-state index is 2.57. The van der Waals surface area contributed by atoms with Gasteiger partial charge in [0.15, 0.2) is 0 Å². The van der Waals surface area contributed by atoms with Gasteiger partial charge in [-0.2, -0.15) is 0 Å². The molecule has 0 N–H and O–H groups in total. The molecule has 0 aromatic rings. The Hall–Kier alpha value is -0.260. The fourth-order valence-corrected chi connectivity index (χ4v) is 2.45. The van der Waals surface area contributed by atoms with Crippen LogP contribution in [-0.4, -0.2) is 0 Å². The quantitative estimate of drug-likeness (QED) is 0.540. The first kappa shape index (κ1) is 7.39. The van der Waals surface area contributed by atoms with Crippen molar-refractivity contribution in [1.82, 2.24) is 0 Å². The van der Waals surface area contributed by atoms with Crippen molar-refractivity contribution in [3.05, 3.63) is 11.6 Å². The van der Waals surface area contributed by atoms with Crippen molar-refractivity contribution in [1.29, 1.82) is 0 Å². The Balaban J connectivity index is 1.84. The van der Waals surface area contributed by atoms with Gasteiger partial charge in [-0.05, 0) is 43.9 Å². The second-order valence-corrected chi connectivity index (χ2v) is 4.23. The zero-order valence-corrected chi connectivity index (χ0v) is 7.47. The summed E-state index contributed by atoms with van der Waals surface area (Å²) >= 11 is 0. The fourth-order valence-electron chi connectivity index (χ4n) is 2.45. The molecule has 11 heavy (non-hydrogen) atoms. The van der Waals surface area contributed by atoms with Gasteiger partial charge in [-0.15, -0.1) is 0 Å². The number of rotatable bonds is 3. The standard InChI is InChI=1S/C11H18/c1-2-3-4-9-5-10-7-11(6-9)8-10/h5,10-11H,2-4,6-8H2,1H3. The SMILES string of the molecule is CCCCC1=CC2CC(C1)C2. The van der Waals surface area contributed by atoms with E-state index in [9.17, 15) is 0 Å². The third-order valence-corrected chi connectivity index (χ3v) is 3.15. The van der Waals surface area contributed by atoms with E-state index in [0.717, 1.165) is 11.8 Å². The third kappa shape index (κ3) is 1.50. The maximum Gasteiger partial charge on any atom is -0.0225 e. The second-order valence-electron chi connectivity index (χ2n) is 4.23. The summed E-state index contributed by atoms with van der Waals surface area (Å²) in [5, 5.41) is 0. The highest BCUT2D eigenvalue weighted by Gasteiger charge is 2.32. The molecule has 62 valence electrons. The van der Waals surface area contributed by atoms with Crippen LogP contribution in [0.1, 0.15) is 45.4 Å². The highest BCUT2D eigenvalue weighted by molar-refractivity contribution is 5.15. The Morgan fingerprint density at radius 3 is 2.82 bits per heavy atom. The van der Waals surface area contributed by atoms with Crippen LogP contribution in [0.15, 0.2) is 11.6 Å². The third-order valence-electron chi connectivity index (χ3n) is 3.15. The minimum atomic E-state index is 1.00. The molecule has 0 nitrogen and oxygen atoms in total. The van der Waals surface area contributed by atoms with Crippen LogP contribution in [0, 0.1) is 11.8 Å². The van der Waals surface area contributed by atoms with Gasteiger partial charge in [0.25, 0.3) is 0 Å². The molecular formula is C11H18. The van der Waals surface area contributed by atoms with Gasteiger partial charge in [0.1, 0.15) is 0 Å². The van der Waals surface area contributed by atoms with Crippen molar-refractivity contribution < 1.29 is 0 Å². The zero-order valence-electron chi connectivity index (χ0n) is 7.47. The molecule has 2 bridgehead atoms. The Kier molecular flexibility index (Phi) is 2.02. The molecule has 0 radical (unpaired) electrons. The summed E-state index contributed by atoms with van der Waals surface area (Å²) in [6, 6.07) is 0. The molecule has 0 saturated heterocycles. The summed E-state index contributed by atoms with van der Waals surface area (Å²) in [7, 11) is 0. The molecule has 3 aliphatic rings. The topological polar surface area (TPSA) is 0 Å². The van der Waals surface area contributed by atoms with Crippen molar-refractivity contribution in [3.8, 4) is 0 Å². The second kappa shape index (κ2) is 3.00. The monoisotopic (exact) mass is 150 g/mol. The van der Waals surface area contributed by atoms with E-state index < -0.39 is 0 Å². The van der Waals surface area contributed by atoms with Gasteiger partial charge in [-0.3, -0.25) is 0 Å². The average Bonchev–Trinajstić information content (AvgIpc) is 2.00. The van der Waals surface area contributed by atoms with Crippen LogP contribution in [0.5, 0.6) is 0 Å². The molecule has 3 aliphatic carbocycles. The number of hydrogen-bond donors (Lipinski definition) is 0. The summed E-state index contributed by atoms with van der Waals surface area (Å²) in [4.78, 5) is 0. The lowest BCUT2D eigenvalue weighted by Crippen LogP contribution is -2.27. The van der Waals surface area contributed by atoms with Gasteiger partial charge in [-0.25, -0.2) is 0 Å². The Morgan fingerprint density at radius 2 is 2.27 bits per heavy atom. The van der Waals surface area contributed by atoms with Crippen LogP contribution in [-0.2, 0) is 0 Å². The van der Waals surface area contributed by atoms with E-state index >= 15 is 0 Å². The Labute approximate surface area is 69.7 Å². The van der Waals surface area contributed by atoms with Gasteiger partial charge < -0.3 is 0 Å². The molecule has 1 saturated carbocycles. The highest BCUT2D eigenvalue weighted by Crippen LogP contribution is 2.45. The van der Waals surface area contributed by atoms with Crippen LogP contribution in [0.3, 0.4) is 0 Å². The summed E-state index contributed by atoms with van der Waals surface area (Å²) < 4.78 is 0. The van der Waals surface area contributed by atoms with Crippen molar-refractivity contribution in [2.24, 2.45) is 11.8 Å². The first-order chi connectivity index (χ1) is 5.38. The molecule has 0 atom stereocenters. The van der Waals surface area contributed by atoms with Crippen LogP contribution in [0.4, 0.5) is 0 Å². The van der Waals surface area contributed by atoms with Gasteiger partial charge in [0.05, 0.1) is 0 Å². The predicted molar refractivity (Wildman–Crippen MR) is 48.4 cm³/mol. The van der Waals surface area contributed by atoms with E-state index in [1.54, 1.807) is 5.57 Å². The smallest absolute Gasteiger partial charge is 0.0225 e. The molecule has 0 aliphatic heterocycles. The first-order valence-corrected chi connectivity index (χ1v) is 5.08. The summed E-state index contributed by atoms with van der Waals surface area (Å²) in [5.41, 5.74) is 1.78. The molecular weight excluding hydrogens is 132 g/mol. The van der Waals surface area contributed by atoms with Gasteiger partial charge in [0.2, 0.25) is 0 Å². The van der Waals surface area contributed by atoms with Crippen molar-refractivity contribution in [2.45, 2.75) is 45.4 Å². The molecule has 0 heterocycles. The average molecular weight is 150 g/mol. The molecule has 3 rings (SSSR count). The minimum Gasteiger partial charge on any atom is -0.0822 e. The van der Waals surface area contributed by atoms with E-state index in [1.807, 2.05) is 0 Å². The van der Waals surface area contributed by atoms with Crippen LogP contribution in [0.2, 0.25) is 0 Å². The summed E-state index contributed by atoms with van der Waals surface area (Å²) in [5.74, 6) is 2.09. The number of allylic oxidation sites excluding steroid dienone is 2. The summed E-state index contributed by atoms with van der Waals surface area (Å²) in [6.07, 6.45) is 11.2. The molecule has 0 heteroatoms. The van der Waals surface area contributed by atoms with Crippen LogP contribution in [0.25, 0.3) is 0 Å². The maximum absolute atomic E-state index is 2.57. The van der Waals surface area contributed by atoms with Crippen molar-refractivity contribution in [2.75, 3.05) is 0 Å². The predicted octanol–water partition coefficient (Wildman–Crippen LogP) is 3.53. The van der Waals surface area contributed by atoms with E-state index in [1.165, 1.54) is 38.5 Å². The number of hydrogen-bond acceptors (Lipinski definition) is 0. The van der Waals surface area contributed by atoms with E-state index in [0.29, 0.717) is 0 Å². The molecule has 0 spiro atoms. The van der Waals surface area contributed by atoms with Crippen molar-refractivity contribution >= 4 is 0 Å². The van der Waals surface area contributed by atoms with Crippen LogP contribution >= 0.6 is 0 Å². The first-order valence-electron chi connectivity index (χ1n) is 5.08. The van der Waals surface area contributed by atoms with Crippen LogP contribution < -0.4 is 0 Å². The normalized spacial score (nSPS) is 34.5. The lowest BCUT2D eigenvalue weighted by atomic mass is 9.66. The summed E-state index contributed by atoms with van der Waals surface area (Å²) in [6.45, 7) is 2.28. The number of unbranched alkanes of at least 4 members (excludes halogenated alkanes) is 1. The van der Waals surface area contributed by atoms with Gasteiger partial charge in [-0.1, -0.05) is 25.0 Å². The molecule has 1 fully saturated rings. The van der Waals surface area contributed by atoms with Crippen molar-refractivity contribution in [3.63, 3.8) is 0 Å². The lowest BCUT2D eigenvalue weighted by molar-refractivity contribution is 0.214. The van der Waals surface area contributed by atoms with E-state index in [2.05, 4.69) is 13.0 Å². The van der Waals surface area contributed by atoms with Gasteiger partial charge in [0, 0.05) is 0 Å². The highest BCUT2D eigenvalue weighted by atomic mass is 14.4. The Morgan fingerprint density at radius 1 is 1.45 bits per heavy atom. The molecule has 0 unspecified atom stereocenters. The van der Waals surface area contributed by atoms with Gasteiger partial charge >= 0.3 is 0 Å². The van der Waals surface area contributed by atoms with E-state index in [4.69, 9.17) is 0 Å². The molecule has 0 aromatic heterocycles. The Bertz CT molecular complexity index is 161. The molecule has 0 amide bonds. The molecule has 0 aromatic carbocycles. The minimum absolute atomic E-state index is 1.00.